The van der Waals surface area contributed by atoms with Gasteiger partial charge in [-0.3, -0.25) is 0 Å². The van der Waals surface area contributed by atoms with Gasteiger partial charge in [-0.2, -0.15) is 0 Å². The van der Waals surface area contributed by atoms with Gasteiger partial charge in [-0.25, -0.2) is 0 Å². The summed E-state index contributed by atoms with van der Waals surface area (Å²) in [5.74, 6) is 0.879. The fourth-order valence-electron chi connectivity index (χ4n) is 3.86. The summed E-state index contributed by atoms with van der Waals surface area (Å²) < 4.78 is 0. The lowest BCUT2D eigenvalue weighted by Gasteiger charge is -2.40. The van der Waals surface area contributed by atoms with Crippen molar-refractivity contribution in [1.82, 2.24) is 5.32 Å². The minimum absolute atomic E-state index is 0.458. The minimum Gasteiger partial charge on any atom is -0.313 e. The van der Waals surface area contributed by atoms with E-state index >= 15 is 0 Å². The summed E-state index contributed by atoms with van der Waals surface area (Å²) in [7, 11) is 0. The summed E-state index contributed by atoms with van der Waals surface area (Å²) in [6.45, 7) is 15.6. The quantitative estimate of drug-likeness (QED) is 0.609. The van der Waals surface area contributed by atoms with E-state index in [9.17, 15) is 0 Å². The van der Waals surface area contributed by atoms with Crippen molar-refractivity contribution in [2.24, 2.45) is 16.7 Å². The monoisotopic (exact) mass is 267 g/mol. The molecule has 0 radical (unpaired) electrons. The van der Waals surface area contributed by atoms with Gasteiger partial charge < -0.3 is 5.32 Å². The van der Waals surface area contributed by atoms with E-state index in [-0.39, 0.29) is 0 Å². The van der Waals surface area contributed by atoms with Gasteiger partial charge in [0.25, 0.3) is 0 Å². The topological polar surface area (TPSA) is 12.0 Å². The Kier molecular flexibility index (Phi) is 6.36. The van der Waals surface area contributed by atoms with Crippen LogP contribution in [0.3, 0.4) is 0 Å². The van der Waals surface area contributed by atoms with E-state index in [0.717, 1.165) is 12.0 Å². The molecule has 0 spiro atoms. The summed E-state index contributed by atoms with van der Waals surface area (Å²) in [4.78, 5) is 0. The molecule has 1 heteroatoms. The van der Waals surface area contributed by atoms with Gasteiger partial charge in [0, 0.05) is 12.6 Å². The average Bonchev–Trinajstić information content (AvgIpc) is 2.24. The van der Waals surface area contributed by atoms with Gasteiger partial charge in [0.15, 0.2) is 0 Å². The van der Waals surface area contributed by atoms with E-state index in [1.165, 1.54) is 51.5 Å². The van der Waals surface area contributed by atoms with Crippen molar-refractivity contribution in [2.75, 3.05) is 6.54 Å². The number of hydrogen-bond donors (Lipinski definition) is 1. The highest BCUT2D eigenvalue weighted by atomic mass is 14.9. The third kappa shape index (κ3) is 6.79. The fraction of sp³-hybridized carbons (Fsp3) is 1.00. The number of hydrogen-bond acceptors (Lipinski definition) is 1. The molecule has 1 fully saturated rings. The zero-order valence-electron chi connectivity index (χ0n) is 14.3. The highest BCUT2D eigenvalue weighted by Crippen LogP contribution is 2.38. The summed E-state index contributed by atoms with van der Waals surface area (Å²) in [5.41, 5.74) is 0.988. The average molecular weight is 268 g/mol. The first-order valence-corrected chi connectivity index (χ1v) is 8.47. The van der Waals surface area contributed by atoms with Crippen LogP contribution in [0.5, 0.6) is 0 Å². The summed E-state index contributed by atoms with van der Waals surface area (Å²) >= 11 is 0. The molecule has 1 aliphatic carbocycles. The molecule has 0 aromatic heterocycles. The first-order chi connectivity index (χ1) is 8.74. The van der Waals surface area contributed by atoms with Crippen LogP contribution in [-0.4, -0.2) is 12.6 Å². The van der Waals surface area contributed by atoms with Crippen LogP contribution in [-0.2, 0) is 0 Å². The molecule has 0 bridgehead atoms. The van der Waals surface area contributed by atoms with Crippen LogP contribution in [0.2, 0.25) is 0 Å². The van der Waals surface area contributed by atoms with Crippen molar-refractivity contribution < 1.29 is 0 Å². The van der Waals surface area contributed by atoms with Crippen LogP contribution < -0.4 is 5.32 Å². The van der Waals surface area contributed by atoms with E-state index in [0.29, 0.717) is 10.8 Å². The first kappa shape index (κ1) is 17.0. The molecule has 1 nitrogen and oxygen atoms in total. The van der Waals surface area contributed by atoms with Gasteiger partial charge in [0.1, 0.15) is 0 Å². The maximum atomic E-state index is 3.87. The molecule has 1 rings (SSSR count). The van der Waals surface area contributed by atoms with Crippen molar-refractivity contribution >= 4 is 0 Å². The largest absolute Gasteiger partial charge is 0.313 e. The standard InChI is InChI=1S/C18H37N/c1-7-8-9-10-17(3,4)14-19-16-11-15(2)12-18(5,6)13-16/h15-16,19H,7-14H2,1-6H3. The first-order valence-electron chi connectivity index (χ1n) is 8.47. The van der Waals surface area contributed by atoms with Crippen LogP contribution in [0.15, 0.2) is 0 Å². The molecular weight excluding hydrogens is 230 g/mol. The molecule has 1 aliphatic rings. The number of rotatable bonds is 7. The zero-order chi connectivity index (χ0) is 14.5. The molecule has 0 amide bonds. The van der Waals surface area contributed by atoms with Gasteiger partial charge >= 0.3 is 0 Å². The lowest BCUT2D eigenvalue weighted by atomic mass is 9.70. The minimum atomic E-state index is 0.458. The Morgan fingerprint density at radius 2 is 1.84 bits per heavy atom. The van der Waals surface area contributed by atoms with Crippen LogP contribution >= 0.6 is 0 Å². The molecule has 1 saturated carbocycles. The Bertz CT molecular complexity index is 254. The predicted molar refractivity (Wildman–Crippen MR) is 86.5 cm³/mol. The van der Waals surface area contributed by atoms with E-state index in [1.807, 2.05) is 0 Å². The second kappa shape index (κ2) is 7.11. The third-order valence-corrected chi connectivity index (χ3v) is 4.71. The van der Waals surface area contributed by atoms with Crippen molar-refractivity contribution in [3.05, 3.63) is 0 Å². The van der Waals surface area contributed by atoms with E-state index < -0.39 is 0 Å². The SMILES string of the molecule is CCCCCC(C)(C)CNC1CC(C)CC(C)(C)C1. The molecule has 0 aliphatic heterocycles. The predicted octanol–water partition coefficient (Wildman–Crippen LogP) is 5.40. The Morgan fingerprint density at radius 3 is 2.42 bits per heavy atom. The van der Waals surface area contributed by atoms with Crippen molar-refractivity contribution in [3.8, 4) is 0 Å². The molecule has 114 valence electrons. The van der Waals surface area contributed by atoms with Crippen molar-refractivity contribution in [2.45, 2.75) is 92.5 Å². The van der Waals surface area contributed by atoms with E-state index in [4.69, 9.17) is 0 Å². The van der Waals surface area contributed by atoms with Crippen molar-refractivity contribution in [3.63, 3.8) is 0 Å². The van der Waals surface area contributed by atoms with Gasteiger partial charge in [0.05, 0.1) is 0 Å². The van der Waals surface area contributed by atoms with Gasteiger partial charge in [-0.05, 0) is 42.4 Å². The maximum absolute atomic E-state index is 3.87. The Labute approximate surface area is 121 Å². The zero-order valence-corrected chi connectivity index (χ0v) is 14.3. The molecule has 0 heterocycles. The normalized spacial score (nSPS) is 27.5. The Hall–Kier alpha value is -0.0400. The highest BCUT2D eigenvalue weighted by molar-refractivity contribution is 4.87. The highest BCUT2D eigenvalue weighted by Gasteiger charge is 2.32. The summed E-state index contributed by atoms with van der Waals surface area (Å²) in [6.07, 6.45) is 9.58. The smallest absolute Gasteiger partial charge is 0.00749 e. The van der Waals surface area contributed by atoms with Crippen LogP contribution in [0.25, 0.3) is 0 Å². The lowest BCUT2D eigenvalue weighted by Crippen LogP contribution is -2.43. The van der Waals surface area contributed by atoms with Crippen molar-refractivity contribution in [1.29, 1.82) is 0 Å². The van der Waals surface area contributed by atoms with E-state index in [2.05, 4.69) is 46.9 Å². The molecule has 2 atom stereocenters. The molecular formula is C18H37N. The van der Waals surface area contributed by atoms with Crippen LogP contribution in [0.4, 0.5) is 0 Å². The number of unbranched alkanes of at least 4 members (excludes halogenated alkanes) is 2. The number of nitrogens with one attached hydrogen (secondary N) is 1. The summed E-state index contributed by atoms with van der Waals surface area (Å²) in [5, 5.41) is 3.87. The fourth-order valence-corrected chi connectivity index (χ4v) is 3.86. The molecule has 2 unspecified atom stereocenters. The van der Waals surface area contributed by atoms with Crippen LogP contribution in [0, 0.1) is 16.7 Å². The second-order valence-electron chi connectivity index (χ2n) is 8.61. The molecule has 1 N–H and O–H groups in total. The van der Waals surface area contributed by atoms with Crippen LogP contribution in [0.1, 0.15) is 86.5 Å². The van der Waals surface area contributed by atoms with Gasteiger partial charge in [0.2, 0.25) is 0 Å². The van der Waals surface area contributed by atoms with Gasteiger partial charge in [-0.1, -0.05) is 60.8 Å². The molecule has 19 heavy (non-hydrogen) atoms. The summed E-state index contributed by atoms with van der Waals surface area (Å²) in [6, 6.07) is 0.740. The van der Waals surface area contributed by atoms with E-state index in [1.54, 1.807) is 0 Å². The molecule has 0 aromatic carbocycles. The van der Waals surface area contributed by atoms with Gasteiger partial charge in [-0.15, -0.1) is 0 Å². The second-order valence-corrected chi connectivity index (χ2v) is 8.61. The Balaban J connectivity index is 2.34. The third-order valence-electron chi connectivity index (χ3n) is 4.71. The lowest BCUT2D eigenvalue weighted by molar-refractivity contribution is 0.141. The Morgan fingerprint density at radius 1 is 1.16 bits per heavy atom. The molecule has 0 aromatic rings. The maximum Gasteiger partial charge on any atom is 0.00749 e. The molecule has 0 saturated heterocycles.